The van der Waals surface area contributed by atoms with Gasteiger partial charge in [-0.3, -0.25) is 0 Å². The minimum atomic E-state index is 0.560. The molecule has 1 aromatic heterocycles. The van der Waals surface area contributed by atoms with Crippen LogP contribution in [0.2, 0.25) is 0 Å². The van der Waals surface area contributed by atoms with Gasteiger partial charge in [-0.2, -0.15) is 0 Å². The van der Waals surface area contributed by atoms with Crippen LogP contribution in [0.25, 0.3) is 10.9 Å². The second-order valence-electron chi connectivity index (χ2n) is 5.15. The van der Waals surface area contributed by atoms with Crippen molar-refractivity contribution in [2.45, 2.75) is 13.5 Å². The molecule has 2 aromatic carbocycles. The lowest BCUT2D eigenvalue weighted by Crippen LogP contribution is -1.94. The number of nitrogens with two attached hydrogens (primary N) is 1. The molecule has 0 aliphatic rings. The van der Waals surface area contributed by atoms with Crippen LogP contribution in [0, 0.1) is 6.92 Å². The highest BCUT2D eigenvalue weighted by Crippen LogP contribution is 2.24. The minimum absolute atomic E-state index is 0.560. The maximum atomic E-state index is 5.88. The maximum Gasteiger partial charge on any atom is 0.120 e. The summed E-state index contributed by atoms with van der Waals surface area (Å²) in [6.07, 6.45) is 2.10. The highest BCUT2D eigenvalue weighted by atomic mass is 16.5. The molecule has 3 heteroatoms. The molecular weight excluding hydrogens is 248 g/mol. The Morgan fingerprint density at radius 2 is 2.00 bits per heavy atom. The second kappa shape index (κ2) is 4.93. The van der Waals surface area contributed by atoms with Crippen LogP contribution in [-0.2, 0) is 13.7 Å². The number of rotatable bonds is 3. The van der Waals surface area contributed by atoms with E-state index < -0.39 is 0 Å². The Kier molecular flexibility index (Phi) is 3.11. The topological polar surface area (TPSA) is 40.2 Å². The van der Waals surface area contributed by atoms with E-state index in [0.29, 0.717) is 6.61 Å². The zero-order valence-corrected chi connectivity index (χ0v) is 11.8. The van der Waals surface area contributed by atoms with Crippen LogP contribution >= 0.6 is 0 Å². The van der Waals surface area contributed by atoms with Crippen molar-refractivity contribution in [1.29, 1.82) is 0 Å². The Morgan fingerprint density at radius 3 is 2.80 bits per heavy atom. The molecule has 2 N–H and O–H groups in total. The van der Waals surface area contributed by atoms with Gasteiger partial charge in [0.15, 0.2) is 0 Å². The molecule has 0 saturated carbocycles. The molecule has 0 fully saturated rings. The smallest absolute Gasteiger partial charge is 0.120 e. The van der Waals surface area contributed by atoms with Crippen molar-refractivity contribution < 1.29 is 4.74 Å². The number of fused-ring (bicyclic) bond motifs is 1. The molecular formula is C17H18N2O. The quantitative estimate of drug-likeness (QED) is 0.735. The van der Waals surface area contributed by atoms with Gasteiger partial charge in [-0.05, 0) is 36.8 Å². The molecule has 1 heterocycles. The van der Waals surface area contributed by atoms with Crippen molar-refractivity contribution in [3.63, 3.8) is 0 Å². The average molecular weight is 266 g/mol. The summed E-state index contributed by atoms with van der Waals surface area (Å²) in [6, 6.07) is 14.1. The Bertz CT molecular complexity index is 759. The van der Waals surface area contributed by atoms with E-state index in [-0.39, 0.29) is 0 Å². The third-order valence-electron chi connectivity index (χ3n) is 3.48. The number of nitrogens with zero attached hydrogens (tertiary/aromatic N) is 1. The summed E-state index contributed by atoms with van der Waals surface area (Å²) in [5, 5.41) is 1.19. The van der Waals surface area contributed by atoms with Crippen LogP contribution in [0.1, 0.15) is 11.1 Å². The summed E-state index contributed by atoms with van der Waals surface area (Å²) in [7, 11) is 2.03. The van der Waals surface area contributed by atoms with E-state index in [0.717, 1.165) is 17.0 Å². The first-order valence-corrected chi connectivity index (χ1v) is 6.66. The van der Waals surface area contributed by atoms with Crippen LogP contribution in [0.15, 0.2) is 48.7 Å². The molecule has 102 valence electrons. The van der Waals surface area contributed by atoms with E-state index >= 15 is 0 Å². The number of anilines is 1. The zero-order valence-electron chi connectivity index (χ0n) is 11.8. The zero-order chi connectivity index (χ0) is 14.1. The summed E-state index contributed by atoms with van der Waals surface area (Å²) in [6.45, 7) is 2.62. The summed E-state index contributed by atoms with van der Waals surface area (Å²) in [5.41, 5.74) is 10.1. The molecule has 0 aliphatic carbocycles. The van der Waals surface area contributed by atoms with E-state index in [1.54, 1.807) is 0 Å². The van der Waals surface area contributed by atoms with Gasteiger partial charge in [0.1, 0.15) is 12.4 Å². The van der Waals surface area contributed by atoms with Crippen molar-refractivity contribution in [2.75, 3.05) is 5.73 Å². The van der Waals surface area contributed by atoms with Gasteiger partial charge in [0, 0.05) is 29.9 Å². The lowest BCUT2D eigenvalue weighted by Gasteiger charge is -2.06. The van der Waals surface area contributed by atoms with Crippen LogP contribution in [0.4, 0.5) is 5.69 Å². The van der Waals surface area contributed by atoms with E-state index in [1.807, 2.05) is 37.4 Å². The summed E-state index contributed by atoms with van der Waals surface area (Å²) in [4.78, 5) is 0. The van der Waals surface area contributed by atoms with E-state index in [9.17, 15) is 0 Å². The normalized spacial score (nSPS) is 10.9. The molecule has 20 heavy (non-hydrogen) atoms. The fourth-order valence-corrected chi connectivity index (χ4v) is 2.47. The van der Waals surface area contributed by atoms with Gasteiger partial charge in [-0.15, -0.1) is 0 Å². The number of aromatic nitrogens is 1. The number of ether oxygens (including phenoxy) is 1. The van der Waals surface area contributed by atoms with Gasteiger partial charge in [-0.1, -0.05) is 18.2 Å². The molecule has 3 nitrogen and oxygen atoms in total. The van der Waals surface area contributed by atoms with Gasteiger partial charge in [0.05, 0.1) is 5.52 Å². The maximum absolute atomic E-state index is 5.88. The number of benzene rings is 2. The largest absolute Gasteiger partial charge is 0.489 e. The van der Waals surface area contributed by atoms with Gasteiger partial charge in [0.2, 0.25) is 0 Å². The molecule has 0 amide bonds. The van der Waals surface area contributed by atoms with Gasteiger partial charge in [0.25, 0.3) is 0 Å². The van der Waals surface area contributed by atoms with E-state index in [1.165, 1.54) is 16.5 Å². The van der Waals surface area contributed by atoms with Crippen molar-refractivity contribution in [1.82, 2.24) is 4.57 Å². The number of hydrogen-bond donors (Lipinski definition) is 1. The average Bonchev–Trinajstić information content (AvgIpc) is 2.73. The van der Waals surface area contributed by atoms with Crippen LogP contribution in [-0.4, -0.2) is 4.57 Å². The van der Waals surface area contributed by atoms with E-state index in [2.05, 4.69) is 29.8 Å². The monoisotopic (exact) mass is 266 g/mol. The number of nitrogen functional groups attached to an aromatic ring is 1. The molecule has 0 spiro atoms. The molecule has 3 rings (SSSR count). The molecule has 0 radical (unpaired) electrons. The molecule has 0 atom stereocenters. The lowest BCUT2D eigenvalue weighted by molar-refractivity contribution is 0.307. The lowest BCUT2D eigenvalue weighted by atomic mass is 10.1. The first kappa shape index (κ1) is 12.6. The van der Waals surface area contributed by atoms with Crippen LogP contribution < -0.4 is 10.5 Å². The van der Waals surface area contributed by atoms with Crippen LogP contribution in [0.3, 0.4) is 0 Å². The first-order chi connectivity index (χ1) is 9.63. The standard InChI is InChI=1S/C17H18N2O/c1-12-4-3-5-15(8-12)20-11-13-10-19(2)17-9-14(18)6-7-16(13)17/h3-10H,11,18H2,1-2H3. The van der Waals surface area contributed by atoms with Crippen molar-refractivity contribution >= 4 is 16.6 Å². The van der Waals surface area contributed by atoms with Gasteiger partial charge < -0.3 is 15.0 Å². The molecule has 3 aromatic rings. The Morgan fingerprint density at radius 1 is 1.15 bits per heavy atom. The predicted octanol–water partition coefficient (Wildman–Crippen LogP) is 3.65. The number of hydrogen-bond acceptors (Lipinski definition) is 2. The minimum Gasteiger partial charge on any atom is -0.489 e. The third kappa shape index (κ3) is 2.35. The Labute approximate surface area is 118 Å². The van der Waals surface area contributed by atoms with E-state index in [4.69, 9.17) is 10.5 Å². The van der Waals surface area contributed by atoms with Crippen molar-refractivity contribution in [3.8, 4) is 5.75 Å². The second-order valence-corrected chi connectivity index (χ2v) is 5.15. The van der Waals surface area contributed by atoms with Crippen molar-refractivity contribution in [2.24, 2.45) is 7.05 Å². The first-order valence-electron chi connectivity index (χ1n) is 6.66. The fraction of sp³-hybridized carbons (Fsp3) is 0.176. The van der Waals surface area contributed by atoms with Crippen LogP contribution in [0.5, 0.6) is 5.75 Å². The highest BCUT2D eigenvalue weighted by molar-refractivity contribution is 5.86. The summed E-state index contributed by atoms with van der Waals surface area (Å²) >= 11 is 0. The summed E-state index contributed by atoms with van der Waals surface area (Å²) in [5.74, 6) is 0.900. The summed E-state index contributed by atoms with van der Waals surface area (Å²) < 4.78 is 7.96. The Hall–Kier alpha value is -2.42. The predicted molar refractivity (Wildman–Crippen MR) is 82.8 cm³/mol. The molecule has 0 aliphatic heterocycles. The molecule has 0 bridgehead atoms. The number of aryl methyl sites for hydroxylation is 2. The third-order valence-corrected chi connectivity index (χ3v) is 3.48. The van der Waals surface area contributed by atoms with Gasteiger partial charge in [-0.25, -0.2) is 0 Å². The molecule has 0 unspecified atom stereocenters. The highest BCUT2D eigenvalue weighted by Gasteiger charge is 2.07. The Balaban J connectivity index is 1.88. The fourth-order valence-electron chi connectivity index (χ4n) is 2.47. The molecule has 0 saturated heterocycles. The van der Waals surface area contributed by atoms with Crippen molar-refractivity contribution in [3.05, 3.63) is 59.8 Å². The SMILES string of the molecule is Cc1cccc(OCc2cn(C)c3cc(N)ccc23)c1. The van der Waals surface area contributed by atoms with Gasteiger partial charge >= 0.3 is 0 Å².